The van der Waals surface area contributed by atoms with Crippen LogP contribution in [0.1, 0.15) is 34.6 Å². The summed E-state index contributed by atoms with van der Waals surface area (Å²) in [5.74, 6) is 1.35. The highest BCUT2D eigenvalue weighted by atomic mass is 16.5. The zero-order chi connectivity index (χ0) is 21.1. The topological polar surface area (TPSA) is 44.8 Å². The van der Waals surface area contributed by atoms with Gasteiger partial charge in [-0.05, 0) is 53.8 Å². The Morgan fingerprint density at radius 2 is 1.80 bits per heavy atom. The van der Waals surface area contributed by atoms with Crippen molar-refractivity contribution in [3.63, 3.8) is 0 Å². The van der Waals surface area contributed by atoms with E-state index in [1.165, 1.54) is 29.4 Å². The molecule has 0 fully saturated rings. The SMILES string of the molecule is COC(=O)CC1COc2cc(OCc3cccc(-c4c(C)cccc4C)c3)ccc21. The smallest absolute Gasteiger partial charge is 0.306 e. The van der Waals surface area contributed by atoms with Gasteiger partial charge >= 0.3 is 5.97 Å². The molecule has 1 aliphatic heterocycles. The van der Waals surface area contributed by atoms with Gasteiger partial charge in [-0.2, -0.15) is 0 Å². The Labute approximate surface area is 177 Å². The molecule has 30 heavy (non-hydrogen) atoms. The lowest BCUT2D eigenvalue weighted by Crippen LogP contribution is -2.09. The molecule has 0 aliphatic carbocycles. The highest BCUT2D eigenvalue weighted by Crippen LogP contribution is 2.38. The van der Waals surface area contributed by atoms with Gasteiger partial charge in [-0.3, -0.25) is 4.79 Å². The van der Waals surface area contributed by atoms with Gasteiger partial charge in [-0.25, -0.2) is 0 Å². The average Bonchev–Trinajstić information content (AvgIpc) is 3.14. The van der Waals surface area contributed by atoms with Gasteiger partial charge in [-0.15, -0.1) is 0 Å². The van der Waals surface area contributed by atoms with Crippen molar-refractivity contribution in [1.29, 1.82) is 0 Å². The van der Waals surface area contributed by atoms with Crippen molar-refractivity contribution >= 4 is 5.97 Å². The van der Waals surface area contributed by atoms with Gasteiger partial charge in [0.15, 0.2) is 0 Å². The van der Waals surface area contributed by atoms with Crippen LogP contribution in [0.2, 0.25) is 0 Å². The summed E-state index contributed by atoms with van der Waals surface area (Å²) < 4.78 is 16.6. The van der Waals surface area contributed by atoms with Gasteiger partial charge in [0.25, 0.3) is 0 Å². The minimum Gasteiger partial charge on any atom is -0.492 e. The maximum atomic E-state index is 11.6. The fourth-order valence-electron chi connectivity index (χ4n) is 4.05. The van der Waals surface area contributed by atoms with E-state index in [9.17, 15) is 4.79 Å². The molecule has 1 unspecified atom stereocenters. The van der Waals surface area contributed by atoms with Crippen LogP contribution >= 0.6 is 0 Å². The molecular formula is C26H26O4. The first-order chi connectivity index (χ1) is 14.5. The minimum atomic E-state index is -0.222. The number of methoxy groups -OCH3 is 1. The lowest BCUT2D eigenvalue weighted by Gasteiger charge is -2.12. The molecule has 154 valence electrons. The molecule has 4 nitrogen and oxygen atoms in total. The van der Waals surface area contributed by atoms with E-state index < -0.39 is 0 Å². The van der Waals surface area contributed by atoms with E-state index in [2.05, 4.69) is 56.3 Å². The Bertz CT molecular complexity index is 1050. The fraction of sp³-hybridized carbons (Fsp3) is 0.269. The molecule has 0 spiro atoms. The van der Waals surface area contributed by atoms with Crippen LogP contribution in [-0.2, 0) is 16.1 Å². The van der Waals surface area contributed by atoms with Crippen LogP contribution in [0.25, 0.3) is 11.1 Å². The first-order valence-electron chi connectivity index (χ1n) is 10.2. The molecular weight excluding hydrogens is 376 g/mol. The standard InChI is InChI=1S/C26H26O4/c1-17-6-4-7-18(2)26(17)20-9-5-8-19(12-20)15-29-22-10-11-23-21(13-25(27)28-3)16-30-24(23)14-22/h4-12,14,21H,13,15-16H2,1-3H3. The Morgan fingerprint density at radius 3 is 2.57 bits per heavy atom. The van der Waals surface area contributed by atoms with E-state index >= 15 is 0 Å². The minimum absolute atomic E-state index is 0.0375. The maximum Gasteiger partial charge on any atom is 0.306 e. The number of carbonyl (C=O) groups is 1. The summed E-state index contributed by atoms with van der Waals surface area (Å²) >= 11 is 0. The van der Waals surface area contributed by atoms with E-state index in [0.717, 1.165) is 22.6 Å². The van der Waals surface area contributed by atoms with Crippen LogP contribution < -0.4 is 9.47 Å². The first-order valence-corrected chi connectivity index (χ1v) is 10.2. The molecule has 1 heterocycles. The van der Waals surface area contributed by atoms with Crippen molar-refractivity contribution in [2.75, 3.05) is 13.7 Å². The molecule has 3 aromatic carbocycles. The van der Waals surface area contributed by atoms with Crippen LogP contribution in [0.4, 0.5) is 0 Å². The highest BCUT2D eigenvalue weighted by molar-refractivity contribution is 5.71. The lowest BCUT2D eigenvalue weighted by molar-refractivity contribution is -0.141. The molecule has 0 saturated carbocycles. The number of ether oxygens (including phenoxy) is 3. The molecule has 1 atom stereocenters. The molecule has 1 aliphatic rings. The summed E-state index contributed by atoms with van der Waals surface area (Å²) in [6.07, 6.45) is 0.328. The van der Waals surface area contributed by atoms with Gasteiger partial charge in [-0.1, -0.05) is 42.5 Å². The highest BCUT2D eigenvalue weighted by Gasteiger charge is 2.27. The van der Waals surface area contributed by atoms with Gasteiger partial charge in [0.1, 0.15) is 18.1 Å². The number of aryl methyl sites for hydroxylation is 2. The zero-order valence-corrected chi connectivity index (χ0v) is 17.6. The molecule has 0 amide bonds. The summed E-state index contributed by atoms with van der Waals surface area (Å²) in [5.41, 5.74) is 7.16. The summed E-state index contributed by atoms with van der Waals surface area (Å²) in [4.78, 5) is 11.6. The fourth-order valence-corrected chi connectivity index (χ4v) is 4.05. The second kappa shape index (κ2) is 8.62. The van der Waals surface area contributed by atoms with Crippen molar-refractivity contribution in [2.24, 2.45) is 0 Å². The van der Waals surface area contributed by atoms with E-state index in [4.69, 9.17) is 14.2 Å². The zero-order valence-electron chi connectivity index (χ0n) is 17.6. The number of fused-ring (bicyclic) bond motifs is 1. The Balaban J connectivity index is 1.47. The molecule has 4 rings (SSSR count). The number of esters is 1. The van der Waals surface area contributed by atoms with E-state index in [1.807, 2.05) is 18.2 Å². The van der Waals surface area contributed by atoms with Crippen LogP contribution in [-0.4, -0.2) is 19.7 Å². The number of rotatable bonds is 6. The maximum absolute atomic E-state index is 11.6. The van der Waals surface area contributed by atoms with E-state index in [1.54, 1.807) is 0 Å². The third kappa shape index (κ3) is 4.18. The van der Waals surface area contributed by atoms with Gasteiger partial charge in [0.2, 0.25) is 0 Å². The number of hydrogen-bond donors (Lipinski definition) is 0. The normalized spacial score (nSPS) is 14.7. The Hall–Kier alpha value is -3.27. The Morgan fingerprint density at radius 1 is 1.03 bits per heavy atom. The van der Waals surface area contributed by atoms with Crippen LogP contribution in [0.15, 0.2) is 60.7 Å². The van der Waals surface area contributed by atoms with Crippen LogP contribution in [0.5, 0.6) is 11.5 Å². The molecule has 3 aromatic rings. The quantitative estimate of drug-likeness (QED) is 0.504. The summed E-state index contributed by atoms with van der Waals surface area (Å²) in [5, 5.41) is 0. The predicted molar refractivity (Wildman–Crippen MR) is 117 cm³/mol. The van der Waals surface area contributed by atoms with Crippen LogP contribution in [0, 0.1) is 13.8 Å². The second-order valence-electron chi connectivity index (χ2n) is 7.74. The average molecular weight is 402 g/mol. The molecule has 4 heteroatoms. The molecule has 0 bridgehead atoms. The van der Waals surface area contributed by atoms with Crippen molar-refractivity contribution in [3.05, 3.63) is 82.9 Å². The van der Waals surface area contributed by atoms with E-state index in [0.29, 0.717) is 19.6 Å². The van der Waals surface area contributed by atoms with Crippen molar-refractivity contribution in [1.82, 2.24) is 0 Å². The summed E-state index contributed by atoms with van der Waals surface area (Å²) in [6.45, 7) is 5.25. The third-order valence-corrected chi connectivity index (χ3v) is 5.61. The molecule has 0 N–H and O–H groups in total. The third-order valence-electron chi connectivity index (χ3n) is 5.61. The monoisotopic (exact) mass is 402 g/mol. The van der Waals surface area contributed by atoms with Crippen LogP contribution in [0.3, 0.4) is 0 Å². The second-order valence-corrected chi connectivity index (χ2v) is 7.74. The van der Waals surface area contributed by atoms with Crippen molar-refractivity contribution in [2.45, 2.75) is 32.8 Å². The summed E-state index contributed by atoms with van der Waals surface area (Å²) in [6, 6.07) is 20.7. The number of hydrogen-bond acceptors (Lipinski definition) is 4. The largest absolute Gasteiger partial charge is 0.492 e. The Kier molecular flexibility index (Phi) is 5.75. The van der Waals surface area contributed by atoms with Gasteiger partial charge in [0.05, 0.1) is 20.1 Å². The van der Waals surface area contributed by atoms with Crippen molar-refractivity contribution in [3.8, 4) is 22.6 Å². The molecule has 0 saturated heterocycles. The first kappa shape index (κ1) is 20.0. The predicted octanol–water partition coefficient (Wildman–Crippen LogP) is 5.59. The van der Waals surface area contributed by atoms with Gasteiger partial charge in [0, 0.05) is 17.5 Å². The lowest BCUT2D eigenvalue weighted by atomic mass is 9.95. The van der Waals surface area contributed by atoms with Gasteiger partial charge < -0.3 is 14.2 Å². The molecule has 0 radical (unpaired) electrons. The summed E-state index contributed by atoms with van der Waals surface area (Å²) in [7, 11) is 1.41. The van der Waals surface area contributed by atoms with Crippen molar-refractivity contribution < 1.29 is 19.0 Å². The molecule has 0 aromatic heterocycles. The number of carbonyl (C=O) groups excluding carboxylic acids is 1. The number of benzene rings is 3. The van der Waals surface area contributed by atoms with E-state index in [-0.39, 0.29) is 11.9 Å².